The summed E-state index contributed by atoms with van der Waals surface area (Å²) in [5.41, 5.74) is 0. The van der Waals surface area contributed by atoms with Gasteiger partial charge in [-0.05, 0) is 37.5 Å². The number of esters is 2. The van der Waals surface area contributed by atoms with Gasteiger partial charge in [-0.2, -0.15) is 0 Å². The third kappa shape index (κ3) is 14.2. The van der Waals surface area contributed by atoms with E-state index in [0.29, 0.717) is 0 Å². The number of cyclic esters (lactones) is 2. The van der Waals surface area contributed by atoms with Crippen molar-refractivity contribution in [3.05, 3.63) is 0 Å². The predicted molar refractivity (Wildman–Crippen MR) is 115 cm³/mol. The molecule has 1 aliphatic heterocycles. The first-order valence-electron chi connectivity index (χ1n) is 11.6. The molecule has 8 nitrogen and oxygen atoms in total. The molecule has 0 spiro atoms. The molecule has 0 radical (unpaired) electrons. The van der Waals surface area contributed by atoms with Gasteiger partial charge in [0.1, 0.15) is 10.1 Å². The molecule has 10 heteroatoms. The molecular weight excluding hydrogens is 447 g/mol. The summed E-state index contributed by atoms with van der Waals surface area (Å²) in [4.78, 5) is 24.4. The standard InChI is InChI=1S/C22H40O8S.Na/c1-3-18-12-8-10-14-28-13-9-6-5-7-11-19(4-2)17-30-22(24)20(31(25,26)27)15-21(23)29-16-18;/h18-20H,3-17H2,1-2H3,(H,25,26,27);/q;+1/p-1. The van der Waals surface area contributed by atoms with Crippen LogP contribution in [0.15, 0.2) is 0 Å². The van der Waals surface area contributed by atoms with Crippen LogP contribution < -0.4 is 29.6 Å². The Morgan fingerprint density at radius 3 is 1.91 bits per heavy atom. The maximum atomic E-state index is 12.3. The van der Waals surface area contributed by atoms with E-state index < -0.39 is 33.7 Å². The molecule has 0 aromatic heterocycles. The number of hydrogen-bond acceptors (Lipinski definition) is 8. The molecule has 1 heterocycles. The molecule has 0 aliphatic carbocycles. The van der Waals surface area contributed by atoms with Crippen LogP contribution in [0, 0.1) is 11.8 Å². The summed E-state index contributed by atoms with van der Waals surface area (Å²) in [5, 5.41) is -2.07. The van der Waals surface area contributed by atoms with Crippen LogP contribution in [0.4, 0.5) is 0 Å². The van der Waals surface area contributed by atoms with Crippen LogP contribution in [0.2, 0.25) is 0 Å². The first kappa shape index (κ1) is 31.8. The second-order valence-electron chi connectivity index (χ2n) is 8.36. The summed E-state index contributed by atoms with van der Waals surface area (Å²) < 4.78 is 50.7. The van der Waals surface area contributed by atoms with Gasteiger partial charge in [0.2, 0.25) is 0 Å². The molecule has 3 atom stereocenters. The third-order valence-corrected chi connectivity index (χ3v) is 6.92. The van der Waals surface area contributed by atoms with Crippen molar-refractivity contribution in [3.63, 3.8) is 0 Å². The van der Waals surface area contributed by atoms with Gasteiger partial charge in [0.15, 0.2) is 5.25 Å². The molecule has 32 heavy (non-hydrogen) atoms. The fourth-order valence-corrected chi connectivity index (χ4v) is 4.20. The van der Waals surface area contributed by atoms with Crippen molar-refractivity contribution in [2.75, 3.05) is 26.4 Å². The third-order valence-electron chi connectivity index (χ3n) is 5.86. The summed E-state index contributed by atoms with van der Waals surface area (Å²) in [7, 11) is -5.03. The summed E-state index contributed by atoms with van der Waals surface area (Å²) >= 11 is 0. The van der Waals surface area contributed by atoms with Crippen molar-refractivity contribution in [2.24, 2.45) is 11.8 Å². The second-order valence-corrected chi connectivity index (χ2v) is 9.91. The predicted octanol–water partition coefficient (Wildman–Crippen LogP) is 0.584. The van der Waals surface area contributed by atoms with Crippen LogP contribution >= 0.6 is 0 Å². The van der Waals surface area contributed by atoms with Gasteiger partial charge in [-0.1, -0.05) is 52.4 Å². The maximum absolute atomic E-state index is 12.3. The van der Waals surface area contributed by atoms with E-state index in [9.17, 15) is 22.6 Å². The van der Waals surface area contributed by atoms with Crippen LogP contribution in [0.25, 0.3) is 0 Å². The number of ether oxygens (including phenoxy) is 3. The Balaban J connectivity index is 0.00000961. The smallest absolute Gasteiger partial charge is 0.747 e. The number of rotatable bonds is 3. The molecule has 0 saturated carbocycles. The van der Waals surface area contributed by atoms with Crippen LogP contribution in [-0.4, -0.2) is 56.6 Å². The van der Waals surface area contributed by atoms with Gasteiger partial charge in [0.05, 0.1) is 19.6 Å². The van der Waals surface area contributed by atoms with E-state index in [1.54, 1.807) is 0 Å². The van der Waals surface area contributed by atoms with Crippen molar-refractivity contribution in [1.82, 2.24) is 0 Å². The van der Waals surface area contributed by atoms with Crippen LogP contribution in [0.3, 0.4) is 0 Å². The van der Waals surface area contributed by atoms with Crippen LogP contribution in [-0.2, 0) is 33.9 Å². The topological polar surface area (TPSA) is 119 Å². The molecule has 1 fully saturated rings. The second kappa shape index (κ2) is 18.2. The molecule has 0 aromatic rings. The average Bonchev–Trinajstić information content (AvgIpc) is 2.72. The average molecular weight is 487 g/mol. The zero-order chi connectivity index (χ0) is 23.1. The monoisotopic (exact) mass is 486 g/mol. The van der Waals surface area contributed by atoms with Crippen molar-refractivity contribution >= 4 is 22.1 Å². The van der Waals surface area contributed by atoms with Crippen molar-refractivity contribution in [2.45, 2.75) is 89.7 Å². The van der Waals surface area contributed by atoms with Gasteiger partial charge >= 0.3 is 41.5 Å². The largest absolute Gasteiger partial charge is 1.00 e. The molecular formula is C22H39NaO8S. The Morgan fingerprint density at radius 2 is 1.34 bits per heavy atom. The first-order valence-corrected chi connectivity index (χ1v) is 13.1. The van der Waals surface area contributed by atoms with E-state index in [-0.39, 0.29) is 54.6 Å². The minimum Gasteiger partial charge on any atom is -0.747 e. The summed E-state index contributed by atoms with van der Waals surface area (Å²) in [5.74, 6) is -1.82. The minimum atomic E-state index is -5.03. The minimum absolute atomic E-state index is 0. The molecule has 1 rings (SSSR count). The summed E-state index contributed by atoms with van der Waals surface area (Å²) in [6, 6.07) is 0. The molecule has 0 aromatic carbocycles. The van der Waals surface area contributed by atoms with E-state index in [0.717, 1.165) is 77.4 Å². The Labute approximate surface area is 215 Å². The van der Waals surface area contributed by atoms with Crippen molar-refractivity contribution < 1.29 is 66.3 Å². The number of carbonyl (C=O) groups is 2. The van der Waals surface area contributed by atoms with Gasteiger partial charge < -0.3 is 18.8 Å². The maximum Gasteiger partial charge on any atom is 1.00 e. The fraction of sp³-hybridized carbons (Fsp3) is 0.909. The van der Waals surface area contributed by atoms with Crippen molar-refractivity contribution in [3.8, 4) is 0 Å². The zero-order valence-corrected chi connectivity index (χ0v) is 22.8. The van der Waals surface area contributed by atoms with E-state index in [2.05, 4.69) is 0 Å². The molecule has 0 N–H and O–H groups in total. The van der Waals surface area contributed by atoms with E-state index in [1.807, 2.05) is 13.8 Å². The molecule has 1 aliphatic rings. The SMILES string of the molecule is CCC1CCCCOCCCCCCC(CC)COC(=O)C(S(=O)(=O)[O-])CC(=O)OC1.[Na+]. The van der Waals surface area contributed by atoms with Gasteiger partial charge in [-0.25, -0.2) is 8.42 Å². The van der Waals surface area contributed by atoms with E-state index in [1.165, 1.54) is 0 Å². The quantitative estimate of drug-likeness (QED) is 0.323. The Kier molecular flexibility index (Phi) is 18.1. The van der Waals surface area contributed by atoms with Crippen molar-refractivity contribution in [1.29, 1.82) is 0 Å². The van der Waals surface area contributed by atoms with Gasteiger partial charge in [0.25, 0.3) is 0 Å². The van der Waals surface area contributed by atoms with E-state index in [4.69, 9.17) is 14.2 Å². The molecule has 0 amide bonds. The molecule has 1 saturated heterocycles. The molecule has 182 valence electrons. The molecule has 0 bridgehead atoms. The summed E-state index contributed by atoms with van der Waals surface area (Å²) in [6.45, 7) is 5.61. The van der Waals surface area contributed by atoms with Crippen LogP contribution in [0.5, 0.6) is 0 Å². The van der Waals surface area contributed by atoms with Crippen LogP contribution in [0.1, 0.15) is 84.5 Å². The van der Waals surface area contributed by atoms with Gasteiger partial charge in [0, 0.05) is 13.2 Å². The van der Waals surface area contributed by atoms with E-state index >= 15 is 0 Å². The number of carbonyl (C=O) groups excluding carboxylic acids is 2. The Morgan fingerprint density at radius 1 is 0.844 bits per heavy atom. The fourth-order valence-electron chi connectivity index (χ4n) is 3.56. The first-order chi connectivity index (χ1) is 14.8. The van der Waals surface area contributed by atoms with Gasteiger partial charge in [-0.15, -0.1) is 0 Å². The Hall–Kier alpha value is -0.190. The summed E-state index contributed by atoms with van der Waals surface area (Å²) in [6.07, 6.45) is 8.46. The zero-order valence-electron chi connectivity index (χ0n) is 20.0. The Bertz CT molecular complexity index is 625. The van der Waals surface area contributed by atoms with Gasteiger partial charge in [-0.3, -0.25) is 9.59 Å². The molecule has 3 unspecified atom stereocenters. The number of hydrogen-bond donors (Lipinski definition) is 0. The normalized spacial score (nSPS) is 26.7.